The number of carbonyl (C=O) groups excluding carboxylic acids is 2. The highest BCUT2D eigenvalue weighted by molar-refractivity contribution is 7.92. The average molecular weight is 577 g/mol. The molecule has 7 nitrogen and oxygen atoms in total. The van der Waals surface area contributed by atoms with E-state index in [0.717, 1.165) is 21.7 Å². The molecule has 1 N–H and O–H groups in total. The lowest BCUT2D eigenvalue weighted by atomic mass is 10.0. The van der Waals surface area contributed by atoms with Crippen LogP contribution < -0.4 is 9.62 Å². The summed E-state index contributed by atoms with van der Waals surface area (Å²) in [4.78, 5) is 28.9. The van der Waals surface area contributed by atoms with E-state index in [4.69, 9.17) is 23.2 Å². The minimum absolute atomic E-state index is 0.0842. The molecule has 0 fully saturated rings. The van der Waals surface area contributed by atoms with Crippen LogP contribution in [0.2, 0.25) is 10.0 Å². The first-order valence-corrected chi connectivity index (χ1v) is 14.7. The number of sulfonamides is 1. The fraction of sp³-hybridized carbons (Fsp3) is 0.286. The Labute approximate surface area is 234 Å². The third-order valence-electron chi connectivity index (χ3n) is 5.75. The summed E-state index contributed by atoms with van der Waals surface area (Å²) in [6.07, 6.45) is 1.24. The predicted molar refractivity (Wildman–Crippen MR) is 153 cm³/mol. The van der Waals surface area contributed by atoms with Gasteiger partial charge in [0.2, 0.25) is 21.8 Å². The lowest BCUT2D eigenvalue weighted by molar-refractivity contribution is -0.140. The second kappa shape index (κ2) is 13.1. The number of anilines is 1. The zero-order valence-electron chi connectivity index (χ0n) is 21.5. The molecule has 0 saturated heterocycles. The number of amides is 2. The first-order chi connectivity index (χ1) is 18.0. The van der Waals surface area contributed by atoms with E-state index in [-0.39, 0.29) is 40.6 Å². The molecular weight excluding hydrogens is 545 g/mol. The van der Waals surface area contributed by atoms with Crippen molar-refractivity contribution in [1.29, 1.82) is 0 Å². The Morgan fingerprint density at radius 1 is 0.895 bits per heavy atom. The maximum absolute atomic E-state index is 14.0. The predicted octanol–water partition coefficient (Wildman–Crippen LogP) is 4.92. The summed E-state index contributed by atoms with van der Waals surface area (Å²) in [5, 5.41) is 3.31. The van der Waals surface area contributed by atoms with Gasteiger partial charge in [-0.25, -0.2) is 8.42 Å². The summed E-state index contributed by atoms with van der Waals surface area (Å²) in [5.41, 5.74) is 1.74. The van der Waals surface area contributed by atoms with Crippen molar-refractivity contribution in [3.63, 3.8) is 0 Å². The summed E-state index contributed by atoms with van der Waals surface area (Å²) in [6.45, 7) is 3.22. The maximum Gasteiger partial charge on any atom is 0.244 e. The Morgan fingerprint density at radius 2 is 1.47 bits per heavy atom. The summed E-state index contributed by atoms with van der Waals surface area (Å²) >= 11 is 12.4. The van der Waals surface area contributed by atoms with E-state index in [1.165, 1.54) is 23.1 Å². The Kier molecular flexibility index (Phi) is 10.2. The third-order valence-corrected chi connectivity index (χ3v) is 7.44. The molecule has 1 atom stereocenters. The van der Waals surface area contributed by atoms with Crippen molar-refractivity contribution in [1.82, 2.24) is 10.2 Å². The molecule has 0 saturated carbocycles. The molecule has 0 aliphatic rings. The second-order valence-corrected chi connectivity index (χ2v) is 12.0. The van der Waals surface area contributed by atoms with Crippen LogP contribution in [-0.2, 0) is 32.6 Å². The van der Waals surface area contributed by atoms with Crippen LogP contribution >= 0.6 is 23.2 Å². The SMILES string of the molecule is CC(C)NC(=O)C(Cc1ccccc1)N(Cc1ccccc1)C(=O)CN(c1cc(Cl)ccc1Cl)S(C)(=O)=O. The molecule has 0 aliphatic heterocycles. The Bertz CT molecular complexity index is 1350. The van der Waals surface area contributed by atoms with Crippen LogP contribution in [-0.4, -0.2) is 50.0 Å². The van der Waals surface area contributed by atoms with Crippen molar-refractivity contribution < 1.29 is 18.0 Å². The summed E-state index contributed by atoms with van der Waals surface area (Å²) < 4.78 is 26.6. The molecule has 38 heavy (non-hydrogen) atoms. The first kappa shape index (κ1) is 29.5. The van der Waals surface area contributed by atoms with Crippen molar-refractivity contribution >= 4 is 50.7 Å². The van der Waals surface area contributed by atoms with Gasteiger partial charge in [0.15, 0.2) is 0 Å². The number of halogens is 2. The van der Waals surface area contributed by atoms with E-state index in [0.29, 0.717) is 0 Å². The van der Waals surface area contributed by atoms with Crippen LogP contribution in [0.1, 0.15) is 25.0 Å². The minimum atomic E-state index is -3.94. The first-order valence-electron chi connectivity index (χ1n) is 12.1. The smallest absolute Gasteiger partial charge is 0.244 e. The normalized spacial score (nSPS) is 12.2. The highest BCUT2D eigenvalue weighted by atomic mass is 35.5. The Morgan fingerprint density at radius 3 is 2.03 bits per heavy atom. The Balaban J connectivity index is 2.06. The van der Waals surface area contributed by atoms with Gasteiger partial charge in [0.05, 0.1) is 17.0 Å². The molecule has 3 aromatic carbocycles. The topological polar surface area (TPSA) is 86.8 Å². The lowest BCUT2D eigenvalue weighted by Crippen LogP contribution is -2.54. The van der Waals surface area contributed by atoms with Gasteiger partial charge in [-0.15, -0.1) is 0 Å². The molecule has 0 radical (unpaired) electrons. The summed E-state index contributed by atoms with van der Waals surface area (Å²) in [7, 11) is -3.94. The molecule has 0 bridgehead atoms. The van der Waals surface area contributed by atoms with Crippen molar-refractivity contribution in [2.24, 2.45) is 0 Å². The zero-order valence-corrected chi connectivity index (χ0v) is 23.8. The van der Waals surface area contributed by atoms with Gasteiger partial charge in [-0.05, 0) is 43.2 Å². The van der Waals surface area contributed by atoms with Gasteiger partial charge in [0.25, 0.3) is 0 Å². The highest BCUT2D eigenvalue weighted by Gasteiger charge is 2.33. The van der Waals surface area contributed by atoms with Crippen molar-refractivity contribution in [3.05, 3.63) is 100 Å². The molecule has 0 aliphatic carbocycles. The van der Waals surface area contributed by atoms with Gasteiger partial charge in [-0.3, -0.25) is 13.9 Å². The zero-order chi connectivity index (χ0) is 27.9. The minimum Gasteiger partial charge on any atom is -0.352 e. The van der Waals surface area contributed by atoms with Crippen molar-refractivity contribution in [3.8, 4) is 0 Å². The van der Waals surface area contributed by atoms with Gasteiger partial charge in [-0.2, -0.15) is 0 Å². The van der Waals surface area contributed by atoms with Crippen molar-refractivity contribution in [2.75, 3.05) is 17.1 Å². The lowest BCUT2D eigenvalue weighted by Gasteiger charge is -2.34. The van der Waals surface area contributed by atoms with Gasteiger partial charge in [-0.1, -0.05) is 83.9 Å². The summed E-state index contributed by atoms with van der Waals surface area (Å²) in [5.74, 6) is -0.894. The maximum atomic E-state index is 14.0. The monoisotopic (exact) mass is 575 g/mol. The van der Waals surface area contributed by atoms with Crippen LogP contribution in [0.15, 0.2) is 78.9 Å². The standard InChI is InChI=1S/C28H31Cl2N3O4S/c1-20(2)31-28(35)26(16-21-10-6-4-7-11-21)32(18-22-12-8-5-9-13-22)27(34)19-33(38(3,36)37)25-17-23(29)14-15-24(25)30/h4-15,17,20,26H,16,18-19H2,1-3H3,(H,31,35). The van der Waals surface area contributed by atoms with Crippen LogP contribution in [0.5, 0.6) is 0 Å². The number of rotatable bonds is 11. The van der Waals surface area contributed by atoms with Crippen LogP contribution in [0.4, 0.5) is 5.69 Å². The quantitative estimate of drug-likeness (QED) is 0.351. The van der Waals surface area contributed by atoms with E-state index >= 15 is 0 Å². The van der Waals surface area contributed by atoms with Gasteiger partial charge < -0.3 is 10.2 Å². The second-order valence-electron chi connectivity index (χ2n) is 9.24. The molecule has 0 heterocycles. The molecule has 3 rings (SSSR count). The van der Waals surface area contributed by atoms with E-state index in [9.17, 15) is 18.0 Å². The van der Waals surface area contributed by atoms with E-state index in [2.05, 4.69) is 5.32 Å². The van der Waals surface area contributed by atoms with E-state index in [1.54, 1.807) is 0 Å². The van der Waals surface area contributed by atoms with Gasteiger partial charge >= 0.3 is 0 Å². The molecule has 0 spiro atoms. The fourth-order valence-corrected chi connectivity index (χ4v) is 5.28. The molecule has 2 amide bonds. The number of nitrogens with zero attached hydrogens (tertiary/aromatic N) is 2. The van der Waals surface area contributed by atoms with E-state index in [1.807, 2.05) is 74.5 Å². The van der Waals surface area contributed by atoms with Gasteiger partial charge in [0.1, 0.15) is 12.6 Å². The number of hydrogen-bond acceptors (Lipinski definition) is 4. The molecule has 202 valence electrons. The van der Waals surface area contributed by atoms with Crippen LogP contribution in [0.3, 0.4) is 0 Å². The number of nitrogens with one attached hydrogen (secondary N) is 1. The number of carbonyl (C=O) groups is 2. The molecule has 3 aromatic rings. The van der Waals surface area contributed by atoms with Crippen LogP contribution in [0, 0.1) is 0 Å². The fourth-order valence-electron chi connectivity index (χ4n) is 3.99. The Hall–Kier alpha value is -3.07. The molecule has 1 unspecified atom stereocenters. The number of benzene rings is 3. The third kappa shape index (κ3) is 8.21. The highest BCUT2D eigenvalue weighted by Crippen LogP contribution is 2.31. The van der Waals surface area contributed by atoms with Crippen molar-refractivity contribution in [2.45, 2.75) is 38.9 Å². The molecular formula is C28H31Cl2N3O4S. The van der Waals surface area contributed by atoms with E-state index < -0.39 is 28.5 Å². The summed E-state index contributed by atoms with van der Waals surface area (Å²) in [6, 6.07) is 21.9. The van der Waals surface area contributed by atoms with Crippen LogP contribution in [0.25, 0.3) is 0 Å². The average Bonchev–Trinajstić information content (AvgIpc) is 2.86. The molecule has 0 aromatic heterocycles. The largest absolute Gasteiger partial charge is 0.352 e. The number of hydrogen-bond donors (Lipinski definition) is 1. The molecule has 10 heteroatoms. The van der Waals surface area contributed by atoms with Gasteiger partial charge in [0, 0.05) is 24.0 Å².